The second-order valence-electron chi connectivity index (χ2n) is 7.29. The van der Waals surface area contributed by atoms with Crippen LogP contribution in [0.5, 0.6) is 0 Å². The van der Waals surface area contributed by atoms with E-state index >= 15 is 0 Å². The van der Waals surface area contributed by atoms with Crippen molar-refractivity contribution < 1.29 is 9.90 Å². The summed E-state index contributed by atoms with van der Waals surface area (Å²) in [5.74, 6) is -1.03. The number of carboxylic acid groups (broad SMARTS) is 1. The van der Waals surface area contributed by atoms with Crippen molar-refractivity contribution in [3.05, 3.63) is 71.4 Å². The Balaban J connectivity index is 2.11. The molecule has 0 amide bonds. The van der Waals surface area contributed by atoms with E-state index in [1.807, 2.05) is 43.3 Å². The first-order valence-electron chi connectivity index (χ1n) is 8.27. The van der Waals surface area contributed by atoms with Gasteiger partial charge in [-0.15, -0.1) is 0 Å². The molecule has 0 saturated carbocycles. The van der Waals surface area contributed by atoms with Crippen LogP contribution in [0.3, 0.4) is 0 Å². The van der Waals surface area contributed by atoms with Crippen LogP contribution in [0, 0.1) is 6.92 Å². The van der Waals surface area contributed by atoms with E-state index in [0.717, 1.165) is 22.5 Å². The molecular formula is C21H22N2O2. The first-order valence-corrected chi connectivity index (χ1v) is 8.27. The molecule has 0 aliphatic heterocycles. The lowest BCUT2D eigenvalue weighted by atomic mass is 9.87. The van der Waals surface area contributed by atoms with Crippen LogP contribution in [0.1, 0.15) is 42.4 Å². The molecule has 128 valence electrons. The van der Waals surface area contributed by atoms with Gasteiger partial charge in [0.15, 0.2) is 5.69 Å². The summed E-state index contributed by atoms with van der Waals surface area (Å²) in [6, 6.07) is 17.7. The van der Waals surface area contributed by atoms with Gasteiger partial charge < -0.3 is 5.11 Å². The number of hydrogen-bond donors (Lipinski definition) is 1. The van der Waals surface area contributed by atoms with Crippen LogP contribution in [0.2, 0.25) is 0 Å². The van der Waals surface area contributed by atoms with Gasteiger partial charge in [-0.05, 0) is 36.1 Å². The van der Waals surface area contributed by atoms with Gasteiger partial charge in [0.2, 0.25) is 0 Å². The van der Waals surface area contributed by atoms with Crippen LogP contribution in [0.25, 0.3) is 16.9 Å². The Labute approximate surface area is 147 Å². The number of aryl methyl sites for hydroxylation is 1. The van der Waals surface area contributed by atoms with Crippen LogP contribution < -0.4 is 0 Å². The van der Waals surface area contributed by atoms with Crippen LogP contribution >= 0.6 is 0 Å². The summed E-state index contributed by atoms with van der Waals surface area (Å²) in [7, 11) is 0. The smallest absolute Gasteiger partial charge is 0.356 e. The Bertz CT molecular complexity index is 899. The standard InChI is InChI=1S/C21H22N2O2/c1-14-5-7-15(8-6-14)19-13-18(20(24)25)22-23(19)17-11-9-16(10-12-17)21(2,3)4/h5-13H,1-4H3,(H,24,25). The Morgan fingerprint density at radius 2 is 1.60 bits per heavy atom. The minimum Gasteiger partial charge on any atom is -0.476 e. The highest BCUT2D eigenvalue weighted by molar-refractivity contribution is 5.87. The fourth-order valence-corrected chi connectivity index (χ4v) is 2.72. The summed E-state index contributed by atoms with van der Waals surface area (Å²) in [6.07, 6.45) is 0. The van der Waals surface area contributed by atoms with Gasteiger partial charge >= 0.3 is 5.97 Å². The van der Waals surface area contributed by atoms with Gasteiger partial charge in [0, 0.05) is 5.56 Å². The third kappa shape index (κ3) is 3.48. The van der Waals surface area contributed by atoms with Crippen molar-refractivity contribution in [2.45, 2.75) is 33.1 Å². The fraction of sp³-hybridized carbons (Fsp3) is 0.238. The number of rotatable bonds is 3. The molecular weight excluding hydrogens is 312 g/mol. The van der Waals surface area contributed by atoms with Crippen molar-refractivity contribution in [3.8, 4) is 16.9 Å². The van der Waals surface area contributed by atoms with Gasteiger partial charge in [-0.2, -0.15) is 5.10 Å². The minimum atomic E-state index is -1.03. The van der Waals surface area contributed by atoms with E-state index in [9.17, 15) is 9.90 Å². The lowest BCUT2D eigenvalue weighted by molar-refractivity contribution is 0.0690. The number of benzene rings is 2. The van der Waals surface area contributed by atoms with Crippen molar-refractivity contribution in [2.24, 2.45) is 0 Å². The maximum Gasteiger partial charge on any atom is 0.356 e. The topological polar surface area (TPSA) is 55.1 Å². The molecule has 3 rings (SSSR count). The van der Waals surface area contributed by atoms with Crippen LogP contribution in [-0.4, -0.2) is 20.9 Å². The summed E-state index contributed by atoms with van der Waals surface area (Å²) in [5.41, 5.74) is 5.02. The highest BCUT2D eigenvalue weighted by atomic mass is 16.4. The molecule has 0 unspecified atom stereocenters. The molecule has 0 fully saturated rings. The van der Waals surface area contributed by atoms with Crippen LogP contribution in [-0.2, 0) is 5.41 Å². The molecule has 25 heavy (non-hydrogen) atoms. The molecule has 2 aromatic carbocycles. The molecule has 4 heteroatoms. The van der Waals surface area contributed by atoms with Crippen molar-refractivity contribution in [1.82, 2.24) is 9.78 Å². The Hall–Kier alpha value is -2.88. The van der Waals surface area contributed by atoms with E-state index in [0.29, 0.717) is 0 Å². The molecule has 0 radical (unpaired) electrons. The number of aromatic carboxylic acids is 1. The Kier molecular flexibility index (Phi) is 4.21. The lowest BCUT2D eigenvalue weighted by Gasteiger charge is -2.19. The SMILES string of the molecule is Cc1ccc(-c2cc(C(=O)O)nn2-c2ccc(C(C)(C)C)cc2)cc1. The monoisotopic (exact) mass is 334 g/mol. The van der Waals surface area contributed by atoms with Gasteiger partial charge in [-0.3, -0.25) is 0 Å². The molecule has 1 N–H and O–H groups in total. The largest absolute Gasteiger partial charge is 0.476 e. The average molecular weight is 334 g/mol. The predicted octanol–water partition coefficient (Wildman–Crippen LogP) is 4.84. The molecule has 0 spiro atoms. The molecule has 1 aromatic heterocycles. The molecule has 0 aliphatic rings. The third-order valence-electron chi connectivity index (χ3n) is 4.25. The molecule has 0 atom stereocenters. The highest BCUT2D eigenvalue weighted by Gasteiger charge is 2.17. The first-order chi connectivity index (χ1) is 11.8. The highest BCUT2D eigenvalue weighted by Crippen LogP contribution is 2.27. The first kappa shape index (κ1) is 17.0. The van der Waals surface area contributed by atoms with Gasteiger partial charge in [0.25, 0.3) is 0 Å². The lowest BCUT2D eigenvalue weighted by Crippen LogP contribution is -2.11. The van der Waals surface area contributed by atoms with Crippen molar-refractivity contribution >= 4 is 5.97 Å². The van der Waals surface area contributed by atoms with Crippen molar-refractivity contribution in [1.29, 1.82) is 0 Å². The second kappa shape index (κ2) is 6.20. The van der Waals surface area contributed by atoms with E-state index in [1.165, 1.54) is 5.56 Å². The zero-order valence-corrected chi connectivity index (χ0v) is 14.9. The maximum absolute atomic E-state index is 11.4. The van der Waals surface area contributed by atoms with E-state index in [4.69, 9.17) is 0 Å². The number of aromatic nitrogens is 2. The second-order valence-corrected chi connectivity index (χ2v) is 7.29. The average Bonchev–Trinajstić information content (AvgIpc) is 3.00. The van der Waals surface area contributed by atoms with E-state index in [2.05, 4.69) is 38.0 Å². The number of carboxylic acids is 1. The Morgan fingerprint density at radius 1 is 1.00 bits per heavy atom. The minimum absolute atomic E-state index is 0.0375. The molecule has 4 nitrogen and oxygen atoms in total. The summed E-state index contributed by atoms with van der Waals surface area (Å²) >= 11 is 0. The molecule has 0 bridgehead atoms. The zero-order chi connectivity index (χ0) is 18.2. The normalized spacial score (nSPS) is 11.5. The van der Waals surface area contributed by atoms with Gasteiger partial charge in [-0.25, -0.2) is 9.48 Å². The Morgan fingerprint density at radius 3 is 2.12 bits per heavy atom. The summed E-state index contributed by atoms with van der Waals surface area (Å²) in [6.45, 7) is 8.51. The third-order valence-corrected chi connectivity index (χ3v) is 4.25. The summed E-state index contributed by atoms with van der Waals surface area (Å²) < 4.78 is 1.69. The predicted molar refractivity (Wildman–Crippen MR) is 99.4 cm³/mol. The van der Waals surface area contributed by atoms with Gasteiger partial charge in [0.1, 0.15) is 0 Å². The number of nitrogens with zero attached hydrogens (tertiary/aromatic N) is 2. The van der Waals surface area contributed by atoms with Crippen molar-refractivity contribution in [3.63, 3.8) is 0 Å². The molecule has 1 heterocycles. The molecule has 3 aromatic rings. The number of hydrogen-bond acceptors (Lipinski definition) is 2. The summed E-state index contributed by atoms with van der Waals surface area (Å²) in [5, 5.41) is 13.6. The quantitative estimate of drug-likeness (QED) is 0.745. The van der Waals surface area contributed by atoms with Crippen LogP contribution in [0.4, 0.5) is 0 Å². The van der Waals surface area contributed by atoms with Gasteiger partial charge in [0.05, 0.1) is 11.4 Å². The number of carbonyl (C=O) groups is 1. The van der Waals surface area contributed by atoms with E-state index in [-0.39, 0.29) is 11.1 Å². The maximum atomic E-state index is 11.4. The van der Waals surface area contributed by atoms with E-state index < -0.39 is 5.97 Å². The van der Waals surface area contributed by atoms with Gasteiger partial charge in [-0.1, -0.05) is 62.7 Å². The molecule has 0 saturated heterocycles. The molecule has 0 aliphatic carbocycles. The van der Waals surface area contributed by atoms with Crippen molar-refractivity contribution in [2.75, 3.05) is 0 Å². The zero-order valence-electron chi connectivity index (χ0n) is 14.9. The van der Waals surface area contributed by atoms with E-state index in [1.54, 1.807) is 10.7 Å². The summed E-state index contributed by atoms with van der Waals surface area (Å²) in [4.78, 5) is 11.4. The fourth-order valence-electron chi connectivity index (χ4n) is 2.72. The van der Waals surface area contributed by atoms with Crippen LogP contribution in [0.15, 0.2) is 54.6 Å².